The van der Waals surface area contributed by atoms with Crippen LogP contribution in [0.2, 0.25) is 0 Å². The van der Waals surface area contributed by atoms with Crippen molar-refractivity contribution in [3.8, 4) is 0 Å². The molecule has 0 aromatic rings. The fourth-order valence-corrected chi connectivity index (χ4v) is 2.72. The second-order valence-corrected chi connectivity index (χ2v) is 5.53. The van der Waals surface area contributed by atoms with Gasteiger partial charge in [-0.1, -0.05) is 32.5 Å². The highest BCUT2D eigenvalue weighted by atomic mass is 32.2. The van der Waals surface area contributed by atoms with Crippen LogP contribution in [0, 0.1) is 11.8 Å². The van der Waals surface area contributed by atoms with Crippen LogP contribution in [-0.2, 0) is 0 Å². The van der Waals surface area contributed by atoms with Gasteiger partial charge in [0, 0.05) is 11.8 Å². The average Bonchev–Trinajstić information content (AvgIpc) is 2.61. The number of thioether (sulfide) groups is 1. The van der Waals surface area contributed by atoms with E-state index in [4.69, 9.17) is 0 Å². The first-order valence-electron chi connectivity index (χ1n) is 5.14. The van der Waals surface area contributed by atoms with E-state index >= 15 is 0 Å². The molecule has 0 amide bonds. The van der Waals surface area contributed by atoms with Crippen LogP contribution in [-0.4, -0.2) is 23.0 Å². The summed E-state index contributed by atoms with van der Waals surface area (Å²) in [7, 11) is 0. The summed E-state index contributed by atoms with van der Waals surface area (Å²) in [5.41, 5.74) is 0. The molecule has 0 saturated heterocycles. The highest BCUT2D eigenvalue weighted by Crippen LogP contribution is 2.31. The highest BCUT2D eigenvalue weighted by molar-refractivity contribution is 8.14. The van der Waals surface area contributed by atoms with Crippen LogP contribution in [0.4, 0.5) is 0 Å². The zero-order valence-electron chi connectivity index (χ0n) is 8.58. The summed E-state index contributed by atoms with van der Waals surface area (Å²) in [4.78, 5) is 4.67. The summed E-state index contributed by atoms with van der Waals surface area (Å²) < 4.78 is 0. The maximum atomic E-state index is 4.67. The maximum Gasteiger partial charge on any atom is 0.157 e. The van der Waals surface area contributed by atoms with Crippen molar-refractivity contribution in [1.82, 2.24) is 5.32 Å². The van der Waals surface area contributed by atoms with Crippen LogP contribution in [0.3, 0.4) is 0 Å². The second kappa shape index (κ2) is 3.52. The van der Waals surface area contributed by atoms with Crippen molar-refractivity contribution in [2.45, 2.75) is 39.3 Å². The lowest BCUT2D eigenvalue weighted by molar-refractivity contribution is 0.542. The molecule has 2 aliphatic rings. The molecule has 0 spiro atoms. The first-order valence-corrected chi connectivity index (χ1v) is 6.12. The summed E-state index contributed by atoms with van der Waals surface area (Å²) in [5, 5.41) is 4.69. The molecule has 1 heterocycles. The third kappa shape index (κ3) is 2.19. The molecule has 3 heteroatoms. The fraction of sp³-hybridized carbons (Fsp3) is 0.900. The Balaban J connectivity index is 1.84. The molecule has 3 unspecified atom stereocenters. The van der Waals surface area contributed by atoms with Crippen LogP contribution >= 0.6 is 11.8 Å². The van der Waals surface area contributed by atoms with Crippen LogP contribution in [0.15, 0.2) is 4.99 Å². The van der Waals surface area contributed by atoms with E-state index in [0.29, 0.717) is 12.0 Å². The molecule has 2 rings (SSSR count). The average molecular weight is 198 g/mol. The van der Waals surface area contributed by atoms with Crippen molar-refractivity contribution in [3.05, 3.63) is 0 Å². The van der Waals surface area contributed by atoms with Crippen molar-refractivity contribution in [2.75, 3.05) is 5.75 Å². The molecule has 0 radical (unpaired) electrons. The summed E-state index contributed by atoms with van der Waals surface area (Å²) >= 11 is 1.89. The Morgan fingerprint density at radius 3 is 2.69 bits per heavy atom. The van der Waals surface area contributed by atoms with E-state index in [0.717, 1.165) is 12.0 Å². The minimum atomic E-state index is 0.543. The van der Waals surface area contributed by atoms with Crippen molar-refractivity contribution < 1.29 is 0 Å². The molecule has 0 aromatic heterocycles. The van der Waals surface area contributed by atoms with Gasteiger partial charge in [-0.3, -0.25) is 4.99 Å². The Labute approximate surface area is 84.6 Å². The monoisotopic (exact) mass is 198 g/mol. The normalized spacial score (nSPS) is 37.8. The van der Waals surface area contributed by atoms with Crippen molar-refractivity contribution in [3.63, 3.8) is 0 Å². The summed E-state index contributed by atoms with van der Waals surface area (Å²) in [5.74, 6) is 2.71. The van der Waals surface area contributed by atoms with Crippen molar-refractivity contribution in [1.29, 1.82) is 0 Å². The quantitative estimate of drug-likeness (QED) is 0.735. The molecular formula is C10H18N2S. The van der Waals surface area contributed by atoms with Crippen molar-refractivity contribution in [2.24, 2.45) is 16.8 Å². The zero-order chi connectivity index (χ0) is 9.42. The first kappa shape index (κ1) is 9.38. The third-order valence-corrected chi connectivity index (χ3v) is 3.87. The molecule has 1 N–H and O–H groups in total. The second-order valence-electron chi connectivity index (χ2n) is 4.52. The van der Waals surface area contributed by atoms with Gasteiger partial charge >= 0.3 is 0 Å². The van der Waals surface area contributed by atoms with Gasteiger partial charge in [-0.25, -0.2) is 0 Å². The Hall–Kier alpha value is -0.180. The van der Waals surface area contributed by atoms with Gasteiger partial charge in [0.15, 0.2) is 5.17 Å². The minimum absolute atomic E-state index is 0.543. The molecule has 1 fully saturated rings. The molecular weight excluding hydrogens is 180 g/mol. The van der Waals surface area contributed by atoms with Gasteiger partial charge < -0.3 is 5.32 Å². The van der Waals surface area contributed by atoms with E-state index in [-0.39, 0.29) is 0 Å². The number of nitrogens with zero attached hydrogens (tertiary/aromatic N) is 1. The fourth-order valence-electron chi connectivity index (χ4n) is 1.49. The van der Waals surface area contributed by atoms with E-state index < -0.39 is 0 Å². The van der Waals surface area contributed by atoms with Crippen LogP contribution in [0.5, 0.6) is 0 Å². The summed E-state index contributed by atoms with van der Waals surface area (Å²) in [6.45, 7) is 6.78. The number of nitrogens with one attached hydrogen (secondary N) is 1. The van der Waals surface area contributed by atoms with E-state index in [2.05, 4.69) is 31.1 Å². The topological polar surface area (TPSA) is 24.4 Å². The Kier molecular flexibility index (Phi) is 2.54. The first-order chi connectivity index (χ1) is 6.16. The van der Waals surface area contributed by atoms with Crippen LogP contribution in [0.1, 0.15) is 27.2 Å². The van der Waals surface area contributed by atoms with Gasteiger partial charge in [0.1, 0.15) is 0 Å². The molecule has 1 saturated carbocycles. The summed E-state index contributed by atoms with van der Waals surface area (Å²) in [6.07, 6.45) is 1.33. The molecule has 0 bridgehead atoms. The van der Waals surface area contributed by atoms with Gasteiger partial charge in [-0.05, 0) is 18.3 Å². The Morgan fingerprint density at radius 1 is 1.54 bits per heavy atom. The third-order valence-electron chi connectivity index (χ3n) is 2.86. The van der Waals surface area contributed by atoms with E-state index in [1.807, 2.05) is 11.8 Å². The lowest BCUT2D eigenvalue weighted by Gasteiger charge is -2.07. The van der Waals surface area contributed by atoms with E-state index in [1.54, 1.807) is 0 Å². The number of aliphatic imine (C=N–C) groups is 1. The van der Waals surface area contributed by atoms with Crippen LogP contribution in [0.25, 0.3) is 0 Å². The van der Waals surface area contributed by atoms with E-state index in [1.165, 1.54) is 17.3 Å². The number of rotatable bonds is 2. The standard InChI is InChI=1S/C10H18N2S/c1-6(2)9-5-13-10(12-9)11-8-4-7(8)3/h6-9H,4-5H2,1-3H3,(H,11,12). The van der Waals surface area contributed by atoms with Crippen LogP contribution < -0.4 is 5.32 Å². The molecule has 1 aliphatic carbocycles. The largest absolute Gasteiger partial charge is 0.362 e. The summed E-state index contributed by atoms with van der Waals surface area (Å²) in [6, 6.07) is 1.26. The van der Waals surface area contributed by atoms with Gasteiger partial charge in [0.05, 0.1) is 6.04 Å². The predicted octanol–water partition coefficient (Wildman–Crippen LogP) is 2.11. The number of amidine groups is 1. The molecule has 13 heavy (non-hydrogen) atoms. The minimum Gasteiger partial charge on any atom is -0.362 e. The number of hydrogen-bond acceptors (Lipinski definition) is 3. The van der Waals surface area contributed by atoms with Gasteiger partial charge in [0.2, 0.25) is 0 Å². The predicted molar refractivity (Wildman–Crippen MR) is 59.2 cm³/mol. The molecule has 2 nitrogen and oxygen atoms in total. The maximum absolute atomic E-state index is 4.67. The Bertz CT molecular complexity index is 225. The highest BCUT2D eigenvalue weighted by Gasteiger charge is 2.34. The molecule has 74 valence electrons. The lowest BCUT2D eigenvalue weighted by Crippen LogP contribution is -2.22. The van der Waals surface area contributed by atoms with Crippen molar-refractivity contribution >= 4 is 16.9 Å². The smallest absolute Gasteiger partial charge is 0.157 e. The molecule has 0 aromatic carbocycles. The van der Waals surface area contributed by atoms with Gasteiger partial charge in [0.25, 0.3) is 0 Å². The number of hydrogen-bond donors (Lipinski definition) is 1. The molecule has 3 atom stereocenters. The molecule has 1 aliphatic heterocycles. The lowest BCUT2D eigenvalue weighted by atomic mass is 10.1. The van der Waals surface area contributed by atoms with Gasteiger partial charge in [-0.2, -0.15) is 0 Å². The zero-order valence-corrected chi connectivity index (χ0v) is 9.40. The van der Waals surface area contributed by atoms with Gasteiger partial charge in [-0.15, -0.1) is 0 Å². The SMILES string of the molecule is CC(C)C1CSC(NC2CC2C)=N1. The Morgan fingerprint density at radius 2 is 2.23 bits per heavy atom. The van der Waals surface area contributed by atoms with E-state index in [9.17, 15) is 0 Å².